The summed E-state index contributed by atoms with van der Waals surface area (Å²) in [6.07, 6.45) is -1.41. The molecule has 3 amide bonds. The zero-order chi connectivity index (χ0) is 30.5. The van der Waals surface area contributed by atoms with Crippen LogP contribution in [0.3, 0.4) is 0 Å². The maximum absolute atomic E-state index is 13.8. The number of nitrogens with one attached hydrogen (secondary N) is 1. The Labute approximate surface area is 262 Å². The van der Waals surface area contributed by atoms with Gasteiger partial charge in [0.1, 0.15) is 16.7 Å². The first-order chi connectivity index (χ1) is 20.6. The molecule has 2 fully saturated rings. The summed E-state index contributed by atoms with van der Waals surface area (Å²) in [6, 6.07) is 17.9. The largest absolute Gasteiger partial charge is 0.508 e. The van der Waals surface area contributed by atoms with Crippen LogP contribution in [0.25, 0.3) is 10.1 Å². The quantitative estimate of drug-likeness (QED) is 0.237. The van der Waals surface area contributed by atoms with E-state index in [1.807, 2.05) is 60.8 Å². The summed E-state index contributed by atoms with van der Waals surface area (Å²) >= 11 is 9.31. The first-order valence-corrected chi connectivity index (χ1v) is 16.1. The molecule has 0 bridgehead atoms. The summed E-state index contributed by atoms with van der Waals surface area (Å²) in [5, 5.41) is 28.0. The van der Waals surface area contributed by atoms with Crippen molar-refractivity contribution in [2.75, 3.05) is 5.88 Å². The number of phenolic OH excluding ortho intramolecular Hbond substituents is 1. The lowest BCUT2D eigenvalue weighted by molar-refractivity contribution is -0.168. The molecule has 8 nitrogen and oxygen atoms in total. The molecule has 11 heteroatoms. The van der Waals surface area contributed by atoms with Gasteiger partial charge in [0, 0.05) is 27.4 Å². The Morgan fingerprint density at radius 2 is 1.91 bits per heavy atom. The Morgan fingerprint density at radius 3 is 2.67 bits per heavy atom. The van der Waals surface area contributed by atoms with Crippen LogP contribution in [-0.2, 0) is 22.6 Å². The van der Waals surface area contributed by atoms with E-state index in [0.717, 1.165) is 21.2 Å². The monoisotopic (exact) mass is 635 g/mol. The Hall–Kier alpha value is -3.57. The van der Waals surface area contributed by atoms with E-state index in [9.17, 15) is 24.6 Å². The first-order valence-electron chi connectivity index (χ1n) is 13.8. The molecule has 3 N–H and O–H groups in total. The maximum Gasteiger partial charge on any atom is 0.255 e. The van der Waals surface area contributed by atoms with Gasteiger partial charge >= 0.3 is 0 Å². The number of nitrogens with zero attached hydrogens (tertiary/aromatic N) is 2. The highest BCUT2D eigenvalue weighted by atomic mass is 35.5. The van der Waals surface area contributed by atoms with Crippen molar-refractivity contribution in [3.05, 3.63) is 99.4 Å². The van der Waals surface area contributed by atoms with Gasteiger partial charge in [0.15, 0.2) is 6.10 Å². The minimum atomic E-state index is -1.60. The number of aromatic hydroxyl groups is 1. The second-order valence-corrected chi connectivity index (χ2v) is 13.7. The predicted octanol–water partition coefficient (Wildman–Crippen LogP) is 4.93. The molecule has 6 rings (SSSR count). The third-order valence-electron chi connectivity index (χ3n) is 8.38. The Morgan fingerprint density at radius 1 is 1.14 bits per heavy atom. The first kappa shape index (κ1) is 29.5. The molecule has 0 aliphatic carbocycles. The number of rotatable bonds is 8. The number of phenols is 1. The van der Waals surface area contributed by atoms with Crippen molar-refractivity contribution >= 4 is 62.5 Å². The number of aliphatic hydroxyl groups is 1. The smallest absolute Gasteiger partial charge is 0.255 e. The van der Waals surface area contributed by atoms with E-state index in [-0.39, 0.29) is 29.5 Å². The number of thioether (sulfide) groups is 1. The number of benzene rings is 3. The Kier molecular flexibility index (Phi) is 7.89. The number of halogens is 1. The van der Waals surface area contributed by atoms with Crippen molar-refractivity contribution in [1.29, 1.82) is 0 Å². The normalized spacial score (nSPS) is 20.9. The minimum Gasteiger partial charge on any atom is -0.508 e. The second-order valence-electron chi connectivity index (χ2n) is 11.0. The number of aliphatic hydroxyl groups excluding tert-OH is 1. The number of hydrogen-bond donors (Lipinski definition) is 3. The molecule has 2 saturated heterocycles. The van der Waals surface area contributed by atoms with Crippen LogP contribution in [0.1, 0.15) is 34.0 Å². The van der Waals surface area contributed by atoms with Crippen molar-refractivity contribution in [3.8, 4) is 5.75 Å². The van der Waals surface area contributed by atoms with Crippen molar-refractivity contribution in [2.45, 2.75) is 49.9 Å². The van der Waals surface area contributed by atoms with Crippen LogP contribution in [0.2, 0.25) is 5.02 Å². The molecule has 0 radical (unpaired) electrons. The van der Waals surface area contributed by atoms with E-state index in [2.05, 4.69) is 5.32 Å². The van der Waals surface area contributed by atoms with E-state index in [0.29, 0.717) is 17.1 Å². The van der Waals surface area contributed by atoms with Crippen molar-refractivity contribution < 1.29 is 24.6 Å². The van der Waals surface area contributed by atoms with Gasteiger partial charge in [-0.1, -0.05) is 48.0 Å². The fourth-order valence-electron chi connectivity index (χ4n) is 5.87. The van der Waals surface area contributed by atoms with Crippen LogP contribution in [0, 0.1) is 6.92 Å². The maximum atomic E-state index is 13.8. The van der Waals surface area contributed by atoms with Gasteiger partial charge in [0.2, 0.25) is 5.91 Å². The highest BCUT2D eigenvalue weighted by Gasteiger charge is 2.65. The molecule has 4 aromatic rings. The molecule has 1 aromatic heterocycles. The summed E-state index contributed by atoms with van der Waals surface area (Å²) in [4.78, 5) is 43.2. The van der Waals surface area contributed by atoms with Crippen LogP contribution >= 0.6 is 34.7 Å². The highest BCUT2D eigenvalue weighted by Crippen LogP contribution is 2.51. The number of likely N-dealkylation sites (tertiary alicyclic amines) is 1. The average Bonchev–Trinajstić information content (AvgIpc) is 3.54. The van der Waals surface area contributed by atoms with E-state index < -0.39 is 34.9 Å². The summed E-state index contributed by atoms with van der Waals surface area (Å²) in [5.41, 5.74) is 2.46. The lowest BCUT2D eigenvalue weighted by atomic mass is 9.92. The van der Waals surface area contributed by atoms with Crippen molar-refractivity contribution in [1.82, 2.24) is 15.1 Å². The van der Waals surface area contributed by atoms with Gasteiger partial charge in [-0.15, -0.1) is 23.1 Å². The number of β-lactam (4-membered cyclic amide) rings is 1. The van der Waals surface area contributed by atoms with Crippen molar-refractivity contribution in [2.24, 2.45) is 0 Å². The minimum absolute atomic E-state index is 0.0242. The van der Waals surface area contributed by atoms with Crippen LogP contribution in [0.4, 0.5) is 0 Å². The van der Waals surface area contributed by atoms with Gasteiger partial charge in [-0.25, -0.2) is 0 Å². The third kappa shape index (κ3) is 5.26. The number of carbonyl (C=O) groups is 3. The molecule has 3 heterocycles. The molecule has 222 valence electrons. The Balaban J connectivity index is 1.21. The summed E-state index contributed by atoms with van der Waals surface area (Å²) in [7, 11) is 0. The molecular formula is C32H30ClN3O5S2. The topological polar surface area (TPSA) is 110 Å². The Bertz CT molecular complexity index is 1730. The molecular weight excluding hydrogens is 606 g/mol. The fourth-order valence-corrected chi connectivity index (χ4v) is 8.35. The SMILES string of the molecule is Cc1c(O)cccc1C(=O)N[C@@H](Cc1ccccc1)[C@H](O)C(=O)N1CSC2(C)[C@H]1C(=O)N2Cc1csc2ccc(Cl)cc12. The lowest BCUT2D eigenvalue weighted by Gasteiger charge is -2.52. The molecule has 0 saturated carbocycles. The molecule has 0 spiro atoms. The number of fused-ring (bicyclic) bond motifs is 2. The summed E-state index contributed by atoms with van der Waals surface area (Å²) < 4.78 is 1.08. The number of thiophene rings is 1. The van der Waals surface area contributed by atoms with Crippen LogP contribution < -0.4 is 5.32 Å². The van der Waals surface area contributed by atoms with Gasteiger partial charge in [-0.2, -0.15) is 0 Å². The zero-order valence-corrected chi connectivity index (χ0v) is 25.9. The van der Waals surface area contributed by atoms with Gasteiger partial charge in [0.05, 0.1) is 11.9 Å². The van der Waals surface area contributed by atoms with E-state index in [1.54, 1.807) is 35.3 Å². The van der Waals surface area contributed by atoms with Crippen molar-refractivity contribution in [3.63, 3.8) is 0 Å². The predicted molar refractivity (Wildman–Crippen MR) is 169 cm³/mol. The molecule has 1 unspecified atom stereocenters. The van der Waals surface area contributed by atoms with Gasteiger partial charge < -0.3 is 25.3 Å². The zero-order valence-electron chi connectivity index (χ0n) is 23.5. The second kappa shape index (κ2) is 11.5. The molecule has 3 aromatic carbocycles. The highest BCUT2D eigenvalue weighted by molar-refractivity contribution is 8.01. The number of carbonyl (C=O) groups excluding carboxylic acids is 3. The van der Waals surface area contributed by atoms with E-state index in [4.69, 9.17) is 11.6 Å². The molecule has 2 aliphatic rings. The van der Waals surface area contributed by atoms with E-state index >= 15 is 0 Å². The number of amides is 3. The summed E-state index contributed by atoms with van der Waals surface area (Å²) in [6.45, 7) is 3.96. The summed E-state index contributed by atoms with van der Waals surface area (Å²) in [5.74, 6) is -1.11. The van der Waals surface area contributed by atoms with Gasteiger partial charge in [-0.3, -0.25) is 14.4 Å². The lowest BCUT2D eigenvalue weighted by Crippen LogP contribution is -2.73. The van der Waals surface area contributed by atoms with Crippen LogP contribution in [-0.4, -0.2) is 66.7 Å². The van der Waals surface area contributed by atoms with Gasteiger partial charge in [-0.05, 0) is 72.5 Å². The number of hydrogen-bond acceptors (Lipinski definition) is 7. The van der Waals surface area contributed by atoms with Crippen LogP contribution in [0.5, 0.6) is 5.75 Å². The standard InChI is InChI=1S/C32H30ClN3O5S2/c1-18-22(9-6-10-25(18)37)29(39)34-24(13-19-7-4-3-5-8-19)27(38)30(40)35-17-43-32(2)28(35)31(41)36(32)15-20-16-42-26-12-11-21(33)14-23(20)26/h3-12,14,16,24,27-28,37-38H,13,15,17H2,1-2H3,(H,34,39)/t24-,27-,28+,32?/m0/s1. The fraction of sp³-hybridized carbons (Fsp3) is 0.281. The van der Waals surface area contributed by atoms with Crippen LogP contribution in [0.15, 0.2) is 72.1 Å². The molecule has 43 heavy (non-hydrogen) atoms. The van der Waals surface area contributed by atoms with Gasteiger partial charge in [0.25, 0.3) is 11.8 Å². The molecule has 2 aliphatic heterocycles. The van der Waals surface area contributed by atoms with E-state index in [1.165, 1.54) is 22.7 Å². The average molecular weight is 636 g/mol. The molecule has 4 atom stereocenters. The third-order valence-corrected chi connectivity index (χ3v) is 11.1.